The average molecular weight is 248 g/mol. The molecule has 0 radical (unpaired) electrons. The Labute approximate surface area is 105 Å². The van der Waals surface area contributed by atoms with Crippen molar-refractivity contribution in [1.29, 1.82) is 0 Å². The van der Waals surface area contributed by atoms with E-state index >= 15 is 0 Å². The smallest absolute Gasteiger partial charge is 0.191 e. The zero-order valence-electron chi connectivity index (χ0n) is 10.2. The zero-order chi connectivity index (χ0) is 12.6. The van der Waals surface area contributed by atoms with E-state index in [0.29, 0.717) is 6.54 Å². The van der Waals surface area contributed by atoms with Crippen molar-refractivity contribution < 1.29 is 4.42 Å². The first-order valence-electron chi connectivity index (χ1n) is 5.68. The van der Waals surface area contributed by atoms with Gasteiger partial charge in [-0.25, -0.2) is 4.98 Å². The highest BCUT2D eigenvalue weighted by atomic mass is 16.3. The van der Waals surface area contributed by atoms with Gasteiger partial charge in [0, 0.05) is 13.6 Å². The van der Waals surface area contributed by atoms with Crippen molar-refractivity contribution in [1.82, 2.24) is 25.4 Å². The van der Waals surface area contributed by atoms with Crippen molar-refractivity contribution in [3.63, 3.8) is 0 Å². The molecule has 2 aromatic rings. The van der Waals surface area contributed by atoms with E-state index in [0.717, 1.165) is 24.8 Å². The van der Waals surface area contributed by atoms with E-state index in [2.05, 4.69) is 25.7 Å². The first kappa shape index (κ1) is 12.2. The number of aliphatic imine (C=N–C) groups is 1. The molecule has 0 aliphatic heterocycles. The zero-order valence-corrected chi connectivity index (χ0v) is 10.2. The topological polar surface area (TPSA) is 80.3 Å². The van der Waals surface area contributed by atoms with Crippen LogP contribution in [0.15, 0.2) is 40.5 Å². The van der Waals surface area contributed by atoms with Crippen LogP contribution in [0, 0.1) is 0 Å². The summed E-state index contributed by atoms with van der Waals surface area (Å²) in [6, 6.07) is 3.77. The molecule has 7 heteroatoms. The maximum atomic E-state index is 5.22. The minimum absolute atomic E-state index is 0.607. The molecule has 18 heavy (non-hydrogen) atoms. The predicted octanol–water partition coefficient (Wildman–Crippen LogP) is 0.236. The lowest BCUT2D eigenvalue weighted by molar-refractivity contribution is 0.500. The van der Waals surface area contributed by atoms with Crippen molar-refractivity contribution in [2.24, 2.45) is 4.99 Å². The van der Waals surface area contributed by atoms with E-state index in [1.165, 1.54) is 6.33 Å². The molecule has 0 aromatic carbocycles. The van der Waals surface area contributed by atoms with Crippen LogP contribution in [-0.2, 0) is 13.1 Å². The molecule has 0 bridgehead atoms. The Morgan fingerprint density at radius 1 is 1.50 bits per heavy atom. The molecule has 2 N–H and O–H groups in total. The second kappa shape index (κ2) is 6.43. The fourth-order valence-corrected chi connectivity index (χ4v) is 1.44. The van der Waals surface area contributed by atoms with Gasteiger partial charge in [-0.3, -0.25) is 9.67 Å². The average Bonchev–Trinajstić information content (AvgIpc) is 3.06. The first-order valence-corrected chi connectivity index (χ1v) is 5.68. The highest BCUT2D eigenvalue weighted by molar-refractivity contribution is 5.79. The maximum Gasteiger partial charge on any atom is 0.191 e. The number of hydrogen-bond acceptors (Lipinski definition) is 4. The molecule has 0 amide bonds. The van der Waals surface area contributed by atoms with Gasteiger partial charge in [0.05, 0.1) is 19.4 Å². The third-order valence-corrected chi connectivity index (χ3v) is 2.33. The SMILES string of the molecule is CN=C(NCCn1cncn1)NCc1ccco1. The third kappa shape index (κ3) is 3.62. The Hall–Kier alpha value is -2.31. The van der Waals surface area contributed by atoms with Crippen LogP contribution in [-0.4, -0.2) is 34.3 Å². The largest absolute Gasteiger partial charge is 0.467 e. The summed E-state index contributed by atoms with van der Waals surface area (Å²) in [5, 5.41) is 10.3. The summed E-state index contributed by atoms with van der Waals surface area (Å²) in [5.41, 5.74) is 0. The molecule has 2 aromatic heterocycles. The summed E-state index contributed by atoms with van der Waals surface area (Å²) in [6.07, 6.45) is 4.85. The lowest BCUT2D eigenvalue weighted by Crippen LogP contribution is -2.38. The van der Waals surface area contributed by atoms with E-state index in [4.69, 9.17) is 4.42 Å². The van der Waals surface area contributed by atoms with Crippen LogP contribution < -0.4 is 10.6 Å². The quantitative estimate of drug-likeness (QED) is 0.585. The van der Waals surface area contributed by atoms with Gasteiger partial charge < -0.3 is 15.1 Å². The van der Waals surface area contributed by atoms with Crippen molar-refractivity contribution in [2.75, 3.05) is 13.6 Å². The van der Waals surface area contributed by atoms with Crippen LogP contribution in [0.5, 0.6) is 0 Å². The molecule has 0 atom stereocenters. The lowest BCUT2D eigenvalue weighted by atomic mass is 10.4. The van der Waals surface area contributed by atoms with Gasteiger partial charge in [-0.15, -0.1) is 0 Å². The number of aromatic nitrogens is 3. The van der Waals surface area contributed by atoms with E-state index < -0.39 is 0 Å². The fraction of sp³-hybridized carbons (Fsp3) is 0.364. The Morgan fingerprint density at radius 2 is 2.44 bits per heavy atom. The standard InChI is InChI=1S/C11H16N6O/c1-12-11(15-7-10-3-2-6-18-10)14-4-5-17-9-13-8-16-17/h2-3,6,8-9H,4-5,7H2,1H3,(H2,12,14,15). The van der Waals surface area contributed by atoms with E-state index in [1.54, 1.807) is 24.3 Å². The molecule has 0 unspecified atom stereocenters. The summed E-state index contributed by atoms with van der Waals surface area (Å²) in [5.74, 6) is 1.60. The minimum atomic E-state index is 0.607. The van der Waals surface area contributed by atoms with E-state index in [1.807, 2.05) is 12.1 Å². The molecule has 0 saturated carbocycles. The Balaban J connectivity index is 1.69. The molecule has 7 nitrogen and oxygen atoms in total. The third-order valence-electron chi connectivity index (χ3n) is 2.33. The Morgan fingerprint density at radius 3 is 3.11 bits per heavy atom. The highest BCUT2D eigenvalue weighted by Crippen LogP contribution is 1.97. The number of guanidine groups is 1. The highest BCUT2D eigenvalue weighted by Gasteiger charge is 1.99. The molecule has 0 saturated heterocycles. The molecule has 0 aliphatic rings. The summed E-state index contributed by atoms with van der Waals surface area (Å²) >= 11 is 0. The van der Waals surface area contributed by atoms with Gasteiger partial charge in [-0.2, -0.15) is 5.10 Å². The number of rotatable bonds is 5. The van der Waals surface area contributed by atoms with E-state index in [-0.39, 0.29) is 0 Å². The van der Waals surface area contributed by atoms with Gasteiger partial charge in [0.25, 0.3) is 0 Å². The van der Waals surface area contributed by atoms with Crippen LogP contribution in [0.2, 0.25) is 0 Å². The van der Waals surface area contributed by atoms with Crippen molar-refractivity contribution in [2.45, 2.75) is 13.1 Å². The van der Waals surface area contributed by atoms with Crippen LogP contribution in [0.1, 0.15) is 5.76 Å². The van der Waals surface area contributed by atoms with Gasteiger partial charge >= 0.3 is 0 Å². The molecule has 2 heterocycles. The van der Waals surface area contributed by atoms with Crippen molar-refractivity contribution in [3.8, 4) is 0 Å². The first-order chi connectivity index (χ1) is 8.88. The minimum Gasteiger partial charge on any atom is -0.467 e. The molecular formula is C11H16N6O. The Kier molecular flexibility index (Phi) is 4.34. The number of hydrogen-bond donors (Lipinski definition) is 2. The summed E-state index contributed by atoms with van der Waals surface area (Å²) in [7, 11) is 1.73. The molecule has 0 spiro atoms. The second-order valence-electron chi connectivity index (χ2n) is 3.59. The lowest BCUT2D eigenvalue weighted by Gasteiger charge is -2.10. The number of furan rings is 1. The maximum absolute atomic E-state index is 5.22. The van der Waals surface area contributed by atoms with Gasteiger partial charge in [0.1, 0.15) is 18.4 Å². The molecule has 2 rings (SSSR count). The molecule has 0 fully saturated rings. The Bertz CT molecular complexity index is 462. The van der Waals surface area contributed by atoms with Gasteiger partial charge in [-0.1, -0.05) is 0 Å². The van der Waals surface area contributed by atoms with Gasteiger partial charge in [0.15, 0.2) is 5.96 Å². The van der Waals surface area contributed by atoms with Crippen LogP contribution in [0.25, 0.3) is 0 Å². The van der Waals surface area contributed by atoms with Crippen molar-refractivity contribution >= 4 is 5.96 Å². The second-order valence-corrected chi connectivity index (χ2v) is 3.59. The molecule has 0 aliphatic carbocycles. The van der Waals surface area contributed by atoms with Gasteiger partial charge in [0.2, 0.25) is 0 Å². The van der Waals surface area contributed by atoms with Crippen LogP contribution >= 0.6 is 0 Å². The predicted molar refractivity (Wildman–Crippen MR) is 66.9 cm³/mol. The number of nitrogens with one attached hydrogen (secondary N) is 2. The normalized spacial score (nSPS) is 11.5. The number of nitrogens with zero attached hydrogens (tertiary/aromatic N) is 4. The van der Waals surface area contributed by atoms with Crippen LogP contribution in [0.3, 0.4) is 0 Å². The summed E-state index contributed by atoms with van der Waals surface area (Å²) in [6.45, 7) is 2.07. The molecular weight excluding hydrogens is 232 g/mol. The summed E-state index contributed by atoms with van der Waals surface area (Å²) in [4.78, 5) is 7.99. The molecule has 96 valence electrons. The van der Waals surface area contributed by atoms with E-state index in [9.17, 15) is 0 Å². The van der Waals surface area contributed by atoms with Gasteiger partial charge in [-0.05, 0) is 12.1 Å². The van der Waals surface area contributed by atoms with Crippen LogP contribution in [0.4, 0.5) is 0 Å². The monoisotopic (exact) mass is 248 g/mol. The summed E-state index contributed by atoms with van der Waals surface area (Å²) < 4.78 is 6.98. The fourth-order valence-electron chi connectivity index (χ4n) is 1.44. The van der Waals surface area contributed by atoms with Crippen molar-refractivity contribution in [3.05, 3.63) is 36.8 Å².